The molecular weight excluding hydrogens is 302 g/mol. The highest BCUT2D eigenvalue weighted by Gasteiger charge is 2.35. The number of fused-ring (bicyclic) bond motifs is 1. The molecule has 0 saturated heterocycles. The number of hydrogen-bond donors (Lipinski definition) is 1. The Balaban J connectivity index is 1.77. The fourth-order valence-corrected chi connectivity index (χ4v) is 3.81. The van der Waals surface area contributed by atoms with Gasteiger partial charge < -0.3 is 9.72 Å². The van der Waals surface area contributed by atoms with E-state index in [1.807, 2.05) is 24.3 Å². The van der Waals surface area contributed by atoms with Crippen LogP contribution in [0.15, 0.2) is 30.5 Å². The molecule has 1 aliphatic carbocycles. The Hall–Kier alpha value is -2.10. The normalized spacial score (nSPS) is 24.2. The molecule has 4 nitrogen and oxygen atoms in total. The zero-order valence-corrected chi connectivity index (χ0v) is 14.5. The molecule has 24 heavy (non-hydrogen) atoms. The van der Waals surface area contributed by atoms with Crippen LogP contribution in [0.3, 0.4) is 0 Å². The SMILES string of the molecule is CC(C)[C@@H]1CC[C@@H](C)C[C@@H]1OC(=O)C(=O)c1c[nH]c2ccccc12. The molecule has 0 bridgehead atoms. The third kappa shape index (κ3) is 3.23. The molecular formula is C20H25NO3. The van der Waals surface area contributed by atoms with Gasteiger partial charge in [0.25, 0.3) is 5.78 Å². The molecule has 0 amide bonds. The molecule has 2 aromatic rings. The first-order valence-corrected chi connectivity index (χ1v) is 8.78. The third-order valence-electron chi connectivity index (χ3n) is 5.24. The summed E-state index contributed by atoms with van der Waals surface area (Å²) in [5, 5.41) is 0.761. The number of aromatic nitrogens is 1. The van der Waals surface area contributed by atoms with Crippen LogP contribution in [0.4, 0.5) is 0 Å². The number of nitrogens with one attached hydrogen (secondary N) is 1. The van der Waals surface area contributed by atoms with Crippen LogP contribution in [-0.2, 0) is 9.53 Å². The lowest BCUT2D eigenvalue weighted by Gasteiger charge is -2.36. The largest absolute Gasteiger partial charge is 0.456 e. The van der Waals surface area contributed by atoms with E-state index in [4.69, 9.17) is 4.74 Å². The van der Waals surface area contributed by atoms with Crippen molar-refractivity contribution in [2.75, 3.05) is 0 Å². The molecule has 0 unspecified atom stereocenters. The highest BCUT2D eigenvalue weighted by Crippen LogP contribution is 2.35. The quantitative estimate of drug-likeness (QED) is 0.516. The summed E-state index contributed by atoms with van der Waals surface area (Å²) in [6.07, 6.45) is 4.49. The minimum absolute atomic E-state index is 0.157. The predicted molar refractivity (Wildman–Crippen MR) is 93.9 cm³/mol. The summed E-state index contributed by atoms with van der Waals surface area (Å²) in [7, 11) is 0. The number of carbonyl (C=O) groups excluding carboxylic acids is 2. The van der Waals surface area contributed by atoms with Crippen LogP contribution in [0, 0.1) is 17.8 Å². The second-order valence-electron chi connectivity index (χ2n) is 7.35. The highest BCUT2D eigenvalue weighted by molar-refractivity contribution is 6.43. The van der Waals surface area contributed by atoms with Crippen LogP contribution in [0.1, 0.15) is 50.4 Å². The lowest BCUT2D eigenvalue weighted by molar-refractivity contribution is -0.149. The molecule has 0 aliphatic heterocycles. The van der Waals surface area contributed by atoms with E-state index in [2.05, 4.69) is 25.8 Å². The molecule has 1 N–H and O–H groups in total. The molecule has 3 rings (SSSR count). The summed E-state index contributed by atoms with van der Waals surface area (Å²) in [4.78, 5) is 28.0. The smallest absolute Gasteiger partial charge is 0.380 e. The number of carbonyl (C=O) groups is 2. The fourth-order valence-electron chi connectivity index (χ4n) is 3.81. The Labute approximate surface area is 142 Å². The molecule has 1 fully saturated rings. The van der Waals surface area contributed by atoms with Crippen molar-refractivity contribution in [2.24, 2.45) is 17.8 Å². The second kappa shape index (κ2) is 6.80. The van der Waals surface area contributed by atoms with Gasteiger partial charge >= 0.3 is 5.97 Å². The van der Waals surface area contributed by atoms with Gasteiger partial charge in [0.2, 0.25) is 0 Å². The molecule has 1 aliphatic rings. The molecule has 128 valence electrons. The van der Waals surface area contributed by atoms with Crippen LogP contribution in [0.2, 0.25) is 0 Å². The van der Waals surface area contributed by atoms with Gasteiger partial charge in [-0.2, -0.15) is 0 Å². The van der Waals surface area contributed by atoms with Gasteiger partial charge in [0, 0.05) is 17.1 Å². The number of hydrogen-bond acceptors (Lipinski definition) is 3. The minimum atomic E-state index is -0.732. The Kier molecular flexibility index (Phi) is 4.74. The number of ether oxygens (including phenoxy) is 1. The summed E-state index contributed by atoms with van der Waals surface area (Å²) in [5.74, 6) is 0.0121. The Morgan fingerprint density at radius 3 is 2.71 bits per heavy atom. The molecule has 0 spiro atoms. The maximum Gasteiger partial charge on any atom is 0.380 e. The van der Waals surface area contributed by atoms with E-state index in [1.54, 1.807) is 6.20 Å². The zero-order chi connectivity index (χ0) is 17.3. The molecule has 0 radical (unpaired) electrons. The second-order valence-corrected chi connectivity index (χ2v) is 7.35. The first-order chi connectivity index (χ1) is 11.5. The summed E-state index contributed by atoms with van der Waals surface area (Å²) in [6, 6.07) is 7.47. The fraction of sp³-hybridized carbons (Fsp3) is 0.500. The number of esters is 1. The lowest BCUT2D eigenvalue weighted by atomic mass is 9.75. The number of aromatic amines is 1. The number of para-hydroxylation sites is 1. The van der Waals surface area contributed by atoms with E-state index in [1.165, 1.54) is 0 Å². The van der Waals surface area contributed by atoms with Gasteiger partial charge in [-0.1, -0.05) is 45.4 Å². The lowest BCUT2D eigenvalue weighted by Crippen LogP contribution is -2.37. The van der Waals surface area contributed by atoms with E-state index in [0.717, 1.165) is 30.2 Å². The van der Waals surface area contributed by atoms with Crippen molar-refractivity contribution in [3.05, 3.63) is 36.0 Å². The van der Waals surface area contributed by atoms with E-state index < -0.39 is 11.8 Å². The van der Waals surface area contributed by atoms with Gasteiger partial charge in [-0.3, -0.25) is 4.79 Å². The van der Waals surface area contributed by atoms with Gasteiger partial charge in [0.1, 0.15) is 6.10 Å². The van der Waals surface area contributed by atoms with Crippen molar-refractivity contribution >= 4 is 22.7 Å². The summed E-state index contributed by atoms with van der Waals surface area (Å²) in [5.41, 5.74) is 1.24. The number of rotatable bonds is 4. The zero-order valence-electron chi connectivity index (χ0n) is 14.5. The number of Topliss-reactive ketones (excluding diaryl/α,β-unsaturated/α-hetero) is 1. The Morgan fingerprint density at radius 2 is 1.96 bits per heavy atom. The first kappa shape index (κ1) is 16.7. The van der Waals surface area contributed by atoms with Crippen molar-refractivity contribution < 1.29 is 14.3 Å². The topological polar surface area (TPSA) is 59.2 Å². The van der Waals surface area contributed by atoms with Crippen molar-refractivity contribution in [1.29, 1.82) is 0 Å². The monoisotopic (exact) mass is 327 g/mol. The first-order valence-electron chi connectivity index (χ1n) is 8.78. The molecule has 1 aromatic carbocycles. The van der Waals surface area contributed by atoms with Gasteiger partial charge in [-0.05, 0) is 36.7 Å². The van der Waals surface area contributed by atoms with Crippen molar-refractivity contribution in [3.8, 4) is 0 Å². The standard InChI is InChI=1S/C20H25NO3/c1-12(2)14-9-8-13(3)10-18(14)24-20(23)19(22)16-11-21-17-7-5-4-6-15(16)17/h4-7,11-14,18,21H,8-10H2,1-3H3/t13-,14+,18+/m1/s1. The molecule has 1 saturated carbocycles. The Bertz CT molecular complexity index is 746. The number of ketones is 1. The van der Waals surface area contributed by atoms with E-state index in [0.29, 0.717) is 23.3 Å². The predicted octanol–water partition coefficient (Wildman–Crippen LogP) is 4.35. The molecule has 1 aromatic heterocycles. The van der Waals surface area contributed by atoms with Crippen LogP contribution >= 0.6 is 0 Å². The summed E-state index contributed by atoms with van der Waals surface area (Å²) in [6.45, 7) is 6.49. The molecule has 3 atom stereocenters. The average Bonchev–Trinajstić information content (AvgIpc) is 2.97. The van der Waals surface area contributed by atoms with Crippen molar-refractivity contribution in [3.63, 3.8) is 0 Å². The highest BCUT2D eigenvalue weighted by atomic mass is 16.5. The van der Waals surface area contributed by atoms with E-state index >= 15 is 0 Å². The maximum absolute atomic E-state index is 12.6. The van der Waals surface area contributed by atoms with Crippen LogP contribution < -0.4 is 0 Å². The van der Waals surface area contributed by atoms with Gasteiger partial charge in [-0.15, -0.1) is 0 Å². The van der Waals surface area contributed by atoms with E-state index in [9.17, 15) is 9.59 Å². The molecule has 1 heterocycles. The molecule has 4 heteroatoms. The summed E-state index contributed by atoms with van der Waals surface area (Å²) >= 11 is 0. The van der Waals surface area contributed by atoms with Crippen molar-refractivity contribution in [1.82, 2.24) is 4.98 Å². The van der Waals surface area contributed by atoms with Crippen LogP contribution in [-0.4, -0.2) is 22.8 Å². The Morgan fingerprint density at radius 1 is 1.21 bits per heavy atom. The summed E-state index contributed by atoms with van der Waals surface area (Å²) < 4.78 is 5.67. The third-order valence-corrected chi connectivity index (χ3v) is 5.24. The average molecular weight is 327 g/mol. The van der Waals surface area contributed by atoms with Crippen LogP contribution in [0.5, 0.6) is 0 Å². The van der Waals surface area contributed by atoms with Gasteiger partial charge in [0.15, 0.2) is 0 Å². The minimum Gasteiger partial charge on any atom is -0.456 e. The van der Waals surface area contributed by atoms with Crippen LogP contribution in [0.25, 0.3) is 10.9 Å². The van der Waals surface area contributed by atoms with Crippen molar-refractivity contribution in [2.45, 2.75) is 46.1 Å². The van der Waals surface area contributed by atoms with E-state index in [-0.39, 0.29) is 6.10 Å². The number of H-pyrrole nitrogens is 1. The van der Waals surface area contributed by atoms with Gasteiger partial charge in [-0.25, -0.2) is 4.79 Å². The number of benzene rings is 1. The van der Waals surface area contributed by atoms with Gasteiger partial charge in [0.05, 0.1) is 5.56 Å². The maximum atomic E-state index is 12.6.